The molecule has 0 spiro atoms. The molecule has 4 heteroatoms. The van der Waals surface area contributed by atoms with Crippen molar-refractivity contribution in [2.24, 2.45) is 0 Å². The number of hydrogen-bond donors (Lipinski definition) is 0. The van der Waals surface area contributed by atoms with Crippen LogP contribution in [0.5, 0.6) is 0 Å². The number of hydrogen-bond acceptors (Lipinski definition) is 1. The molecule has 0 bridgehead atoms. The highest BCUT2D eigenvalue weighted by molar-refractivity contribution is 6.17. The smallest absolute Gasteiger partial charge is 0.296 e. The molecular formula is C13H17ClN2O. The second kappa shape index (κ2) is 4.37. The molecular weight excluding hydrogens is 236 g/mol. The topological polar surface area (TPSA) is 26.9 Å². The van der Waals surface area contributed by atoms with E-state index in [2.05, 4.69) is 12.2 Å². The lowest BCUT2D eigenvalue weighted by atomic mass is 10.1. The third-order valence-corrected chi connectivity index (χ3v) is 3.84. The van der Waals surface area contributed by atoms with Gasteiger partial charge in [-0.05, 0) is 38.2 Å². The van der Waals surface area contributed by atoms with Gasteiger partial charge in [0.15, 0.2) is 0 Å². The van der Waals surface area contributed by atoms with Crippen LogP contribution in [0.1, 0.15) is 43.1 Å². The molecule has 2 aliphatic carbocycles. The van der Waals surface area contributed by atoms with E-state index in [4.69, 9.17) is 11.6 Å². The van der Waals surface area contributed by atoms with E-state index in [-0.39, 0.29) is 5.69 Å². The first-order chi connectivity index (χ1) is 8.33. The van der Waals surface area contributed by atoms with E-state index in [1.165, 1.54) is 5.69 Å². The van der Waals surface area contributed by atoms with Crippen molar-refractivity contribution in [2.75, 3.05) is 5.88 Å². The summed E-state index contributed by atoms with van der Waals surface area (Å²) in [5, 5.41) is 0. The summed E-state index contributed by atoms with van der Waals surface area (Å²) in [7, 11) is 0. The van der Waals surface area contributed by atoms with Crippen molar-refractivity contribution >= 4 is 17.7 Å². The van der Waals surface area contributed by atoms with E-state index in [1.54, 1.807) is 0 Å². The minimum atomic E-state index is 0.175. The maximum Gasteiger partial charge on any atom is 0.329 e. The summed E-state index contributed by atoms with van der Waals surface area (Å²) in [4.78, 5) is 12.4. The van der Waals surface area contributed by atoms with Crippen molar-refractivity contribution in [1.82, 2.24) is 9.13 Å². The molecule has 0 unspecified atom stereocenters. The van der Waals surface area contributed by atoms with Gasteiger partial charge < -0.3 is 0 Å². The fourth-order valence-corrected chi connectivity index (χ4v) is 2.73. The Morgan fingerprint density at radius 2 is 2.24 bits per heavy atom. The van der Waals surface area contributed by atoms with Gasteiger partial charge >= 0.3 is 5.69 Å². The van der Waals surface area contributed by atoms with E-state index < -0.39 is 0 Å². The summed E-state index contributed by atoms with van der Waals surface area (Å²) in [6.45, 7) is 0.762. The minimum absolute atomic E-state index is 0.175. The molecule has 1 aromatic heterocycles. The monoisotopic (exact) mass is 252 g/mol. The minimum Gasteiger partial charge on any atom is -0.296 e. The summed E-state index contributed by atoms with van der Waals surface area (Å²) in [6, 6.07) is 0.455. The first-order valence-electron chi connectivity index (χ1n) is 6.39. The Morgan fingerprint density at radius 1 is 1.41 bits per heavy atom. The van der Waals surface area contributed by atoms with Gasteiger partial charge in [-0.1, -0.05) is 6.08 Å². The molecule has 0 atom stereocenters. The fraction of sp³-hybridized carbons (Fsp3) is 0.615. The summed E-state index contributed by atoms with van der Waals surface area (Å²) in [5.74, 6) is 0.617. The SMILES string of the molecule is O=c1n(CCCCl)c2c(n1C1CC1)C=CCC2. The maximum atomic E-state index is 12.4. The second-order valence-electron chi connectivity index (χ2n) is 4.85. The standard InChI is InChI=1S/C13H17ClN2O/c14-8-3-9-15-11-4-1-2-5-12(11)16(13(15)17)10-6-7-10/h2,5,10H,1,3-4,6-9H2. The molecule has 3 nitrogen and oxygen atoms in total. The Labute approximate surface area is 106 Å². The predicted molar refractivity (Wildman–Crippen MR) is 69.7 cm³/mol. The van der Waals surface area contributed by atoms with Gasteiger partial charge in [0.2, 0.25) is 0 Å². The summed E-state index contributed by atoms with van der Waals surface area (Å²) in [6.07, 6.45) is 9.50. The first-order valence-corrected chi connectivity index (χ1v) is 6.93. The molecule has 1 aromatic rings. The molecule has 17 heavy (non-hydrogen) atoms. The molecule has 2 aliphatic rings. The number of allylic oxidation sites excluding steroid dienone is 1. The highest BCUT2D eigenvalue weighted by Crippen LogP contribution is 2.36. The Balaban J connectivity index is 2.08. The number of halogens is 1. The summed E-state index contributed by atoms with van der Waals surface area (Å²) >= 11 is 5.73. The van der Waals surface area contributed by atoms with Crippen molar-refractivity contribution in [2.45, 2.75) is 44.7 Å². The molecule has 3 rings (SSSR count). The number of fused-ring (bicyclic) bond motifs is 1. The average molecular weight is 253 g/mol. The van der Waals surface area contributed by atoms with Crippen LogP contribution in [0.25, 0.3) is 6.08 Å². The summed E-state index contributed by atoms with van der Waals surface area (Å²) in [5.41, 5.74) is 2.54. The normalized spacial score (nSPS) is 18.4. The van der Waals surface area contributed by atoms with Gasteiger partial charge in [0.1, 0.15) is 0 Å². The largest absolute Gasteiger partial charge is 0.329 e. The van der Waals surface area contributed by atoms with Gasteiger partial charge in [-0.15, -0.1) is 11.6 Å². The van der Waals surface area contributed by atoms with Crippen molar-refractivity contribution in [3.63, 3.8) is 0 Å². The van der Waals surface area contributed by atoms with Crippen LogP contribution in [0.2, 0.25) is 0 Å². The molecule has 1 fully saturated rings. The van der Waals surface area contributed by atoms with Crippen LogP contribution in [0.4, 0.5) is 0 Å². The van der Waals surface area contributed by atoms with Crippen molar-refractivity contribution in [1.29, 1.82) is 0 Å². The van der Waals surface area contributed by atoms with Gasteiger partial charge in [0.05, 0.1) is 5.69 Å². The summed E-state index contributed by atoms with van der Waals surface area (Å²) < 4.78 is 3.94. The third kappa shape index (κ3) is 1.86. The first kappa shape index (κ1) is 11.1. The van der Waals surface area contributed by atoms with Crippen molar-refractivity contribution in [3.05, 3.63) is 27.9 Å². The van der Waals surface area contributed by atoms with Crippen LogP contribution >= 0.6 is 11.6 Å². The number of rotatable bonds is 4. The third-order valence-electron chi connectivity index (χ3n) is 3.57. The van der Waals surface area contributed by atoms with E-state index in [0.29, 0.717) is 11.9 Å². The fourth-order valence-electron chi connectivity index (χ4n) is 2.61. The van der Waals surface area contributed by atoms with Crippen molar-refractivity contribution in [3.8, 4) is 0 Å². The van der Waals surface area contributed by atoms with E-state index in [0.717, 1.165) is 44.3 Å². The molecule has 92 valence electrons. The molecule has 1 heterocycles. The Hall–Kier alpha value is -0.960. The van der Waals surface area contributed by atoms with Crippen LogP contribution in [-0.2, 0) is 13.0 Å². The Morgan fingerprint density at radius 3 is 2.94 bits per heavy atom. The van der Waals surface area contributed by atoms with Gasteiger partial charge in [-0.25, -0.2) is 4.79 Å². The van der Waals surface area contributed by atoms with Crippen LogP contribution in [0.3, 0.4) is 0 Å². The van der Waals surface area contributed by atoms with E-state index >= 15 is 0 Å². The van der Waals surface area contributed by atoms with Gasteiger partial charge in [-0.3, -0.25) is 9.13 Å². The van der Waals surface area contributed by atoms with Crippen LogP contribution in [0, 0.1) is 0 Å². The quantitative estimate of drug-likeness (QED) is 0.757. The number of nitrogens with zero attached hydrogens (tertiary/aromatic N) is 2. The van der Waals surface area contributed by atoms with Gasteiger partial charge in [-0.2, -0.15) is 0 Å². The average Bonchev–Trinajstić information content (AvgIpc) is 3.12. The van der Waals surface area contributed by atoms with E-state index in [1.807, 2.05) is 9.13 Å². The molecule has 0 saturated heterocycles. The lowest BCUT2D eigenvalue weighted by Gasteiger charge is -2.10. The molecule has 1 saturated carbocycles. The van der Waals surface area contributed by atoms with Gasteiger partial charge in [0.25, 0.3) is 0 Å². The van der Waals surface area contributed by atoms with Crippen LogP contribution in [-0.4, -0.2) is 15.0 Å². The van der Waals surface area contributed by atoms with Crippen LogP contribution in [0.15, 0.2) is 10.9 Å². The van der Waals surface area contributed by atoms with E-state index in [9.17, 15) is 4.79 Å². The maximum absolute atomic E-state index is 12.4. The number of aromatic nitrogens is 2. The van der Waals surface area contributed by atoms with Gasteiger partial charge in [0, 0.05) is 24.2 Å². The Kier molecular flexibility index (Phi) is 2.87. The molecule has 0 amide bonds. The zero-order chi connectivity index (χ0) is 11.8. The zero-order valence-electron chi connectivity index (χ0n) is 9.86. The lowest BCUT2D eigenvalue weighted by molar-refractivity contribution is 0.597. The van der Waals surface area contributed by atoms with Crippen molar-refractivity contribution < 1.29 is 0 Å². The lowest BCUT2D eigenvalue weighted by Crippen LogP contribution is -2.25. The predicted octanol–water partition coefficient (Wildman–Crippen LogP) is 2.57. The number of imidazole rings is 1. The zero-order valence-corrected chi connectivity index (χ0v) is 10.6. The molecule has 0 aromatic carbocycles. The Bertz CT molecular complexity index is 508. The van der Waals surface area contributed by atoms with Crippen LogP contribution < -0.4 is 5.69 Å². The highest BCUT2D eigenvalue weighted by Gasteiger charge is 2.31. The highest BCUT2D eigenvalue weighted by atomic mass is 35.5. The molecule has 0 aliphatic heterocycles. The number of alkyl halides is 1. The molecule has 0 radical (unpaired) electrons. The molecule has 0 N–H and O–H groups in total. The second-order valence-corrected chi connectivity index (χ2v) is 5.23.